The molecule has 108 valence electrons. The molecule has 1 atom stereocenters. The van der Waals surface area contributed by atoms with Gasteiger partial charge in [0.2, 0.25) is 0 Å². The molecule has 2 rings (SSSR count). The van der Waals surface area contributed by atoms with E-state index in [1.807, 2.05) is 13.8 Å². The van der Waals surface area contributed by atoms with Crippen LogP contribution in [0.25, 0.3) is 0 Å². The summed E-state index contributed by atoms with van der Waals surface area (Å²) in [6, 6.07) is 10.6. The lowest BCUT2D eigenvalue weighted by Gasteiger charge is -2.07. The Kier molecular flexibility index (Phi) is 5.24. The van der Waals surface area contributed by atoms with E-state index in [-0.39, 0.29) is 5.38 Å². The fourth-order valence-corrected chi connectivity index (χ4v) is 3.06. The zero-order valence-corrected chi connectivity index (χ0v) is 13.3. The SMILES string of the molecule is Cc1nn(CCCCc2ccccc2)c(C)c1C(C)Cl. The molecule has 0 saturated heterocycles. The Bertz CT molecular complexity index is 544. The van der Waals surface area contributed by atoms with Crippen LogP contribution >= 0.6 is 11.6 Å². The van der Waals surface area contributed by atoms with Gasteiger partial charge in [-0.25, -0.2) is 0 Å². The first-order valence-corrected chi connectivity index (χ1v) is 7.75. The molecule has 0 saturated carbocycles. The van der Waals surface area contributed by atoms with Gasteiger partial charge >= 0.3 is 0 Å². The second-order valence-corrected chi connectivity index (χ2v) is 6.02. The second kappa shape index (κ2) is 6.94. The first-order valence-electron chi connectivity index (χ1n) is 7.31. The number of alkyl halides is 1. The number of nitrogens with zero attached hydrogens (tertiary/aromatic N) is 2. The quantitative estimate of drug-likeness (QED) is 0.551. The molecule has 0 bridgehead atoms. The molecule has 1 aromatic carbocycles. The van der Waals surface area contributed by atoms with E-state index in [0.29, 0.717) is 0 Å². The van der Waals surface area contributed by atoms with Crippen molar-refractivity contribution in [3.63, 3.8) is 0 Å². The van der Waals surface area contributed by atoms with E-state index < -0.39 is 0 Å². The third-order valence-electron chi connectivity index (χ3n) is 3.76. The Labute approximate surface area is 126 Å². The molecule has 0 N–H and O–H groups in total. The maximum Gasteiger partial charge on any atom is 0.0643 e. The molecular weight excluding hydrogens is 268 g/mol. The van der Waals surface area contributed by atoms with Gasteiger partial charge in [0.15, 0.2) is 0 Å². The van der Waals surface area contributed by atoms with Crippen LogP contribution in [-0.2, 0) is 13.0 Å². The lowest BCUT2D eigenvalue weighted by atomic mass is 10.1. The van der Waals surface area contributed by atoms with Gasteiger partial charge in [0.1, 0.15) is 0 Å². The lowest BCUT2D eigenvalue weighted by molar-refractivity contribution is 0.543. The van der Waals surface area contributed by atoms with Gasteiger partial charge in [-0.2, -0.15) is 5.10 Å². The molecule has 20 heavy (non-hydrogen) atoms. The number of benzene rings is 1. The fraction of sp³-hybridized carbons (Fsp3) is 0.471. The highest BCUT2D eigenvalue weighted by atomic mass is 35.5. The van der Waals surface area contributed by atoms with Gasteiger partial charge in [-0.05, 0) is 45.6 Å². The molecule has 0 amide bonds. The van der Waals surface area contributed by atoms with Crippen LogP contribution in [0.4, 0.5) is 0 Å². The molecule has 0 aliphatic carbocycles. The molecule has 2 aromatic rings. The number of hydrogen-bond donors (Lipinski definition) is 0. The van der Waals surface area contributed by atoms with Crippen molar-refractivity contribution in [2.75, 3.05) is 0 Å². The molecule has 3 heteroatoms. The summed E-state index contributed by atoms with van der Waals surface area (Å²) in [4.78, 5) is 0. The van der Waals surface area contributed by atoms with E-state index in [2.05, 4.69) is 47.0 Å². The Hall–Kier alpha value is -1.28. The lowest BCUT2D eigenvalue weighted by Crippen LogP contribution is -2.03. The van der Waals surface area contributed by atoms with Crippen molar-refractivity contribution in [3.05, 3.63) is 52.8 Å². The van der Waals surface area contributed by atoms with E-state index in [9.17, 15) is 0 Å². The Morgan fingerprint density at radius 1 is 1.15 bits per heavy atom. The fourth-order valence-electron chi connectivity index (χ4n) is 2.74. The smallest absolute Gasteiger partial charge is 0.0643 e. The monoisotopic (exact) mass is 290 g/mol. The van der Waals surface area contributed by atoms with Crippen molar-refractivity contribution < 1.29 is 0 Å². The predicted molar refractivity (Wildman–Crippen MR) is 85.3 cm³/mol. The first-order chi connectivity index (χ1) is 9.59. The van der Waals surface area contributed by atoms with Gasteiger partial charge in [-0.3, -0.25) is 4.68 Å². The van der Waals surface area contributed by atoms with Gasteiger partial charge < -0.3 is 0 Å². The topological polar surface area (TPSA) is 17.8 Å². The van der Waals surface area contributed by atoms with E-state index in [0.717, 1.165) is 25.1 Å². The summed E-state index contributed by atoms with van der Waals surface area (Å²) in [5.41, 5.74) is 4.88. The van der Waals surface area contributed by atoms with E-state index in [4.69, 9.17) is 11.6 Å². The average molecular weight is 291 g/mol. The Balaban J connectivity index is 1.87. The summed E-state index contributed by atoms with van der Waals surface area (Å²) in [6.07, 6.45) is 3.47. The van der Waals surface area contributed by atoms with Gasteiger partial charge in [0.05, 0.1) is 11.1 Å². The Morgan fingerprint density at radius 3 is 2.45 bits per heavy atom. The minimum absolute atomic E-state index is 0.0352. The van der Waals surface area contributed by atoms with Crippen molar-refractivity contribution in [1.29, 1.82) is 0 Å². The van der Waals surface area contributed by atoms with Crippen LogP contribution in [0.5, 0.6) is 0 Å². The molecule has 1 aromatic heterocycles. The number of aryl methyl sites for hydroxylation is 3. The number of rotatable bonds is 6. The van der Waals surface area contributed by atoms with Crippen molar-refractivity contribution >= 4 is 11.6 Å². The normalized spacial score (nSPS) is 12.6. The van der Waals surface area contributed by atoms with E-state index in [1.54, 1.807) is 0 Å². The highest BCUT2D eigenvalue weighted by Crippen LogP contribution is 2.26. The summed E-state index contributed by atoms with van der Waals surface area (Å²) in [6.45, 7) is 7.15. The summed E-state index contributed by atoms with van der Waals surface area (Å²) < 4.78 is 2.11. The molecule has 0 radical (unpaired) electrons. The number of hydrogen-bond acceptors (Lipinski definition) is 1. The van der Waals surface area contributed by atoms with Crippen LogP contribution in [0, 0.1) is 13.8 Å². The molecule has 2 nitrogen and oxygen atoms in total. The summed E-state index contributed by atoms with van der Waals surface area (Å²) >= 11 is 6.22. The van der Waals surface area contributed by atoms with Crippen LogP contribution in [0.3, 0.4) is 0 Å². The van der Waals surface area contributed by atoms with Crippen LogP contribution in [0.1, 0.15) is 47.7 Å². The second-order valence-electron chi connectivity index (χ2n) is 5.37. The first kappa shape index (κ1) is 15.1. The number of aromatic nitrogens is 2. The standard InChI is InChI=1S/C17H23ClN2/c1-13(18)17-14(2)19-20(15(17)3)12-8-7-11-16-9-5-4-6-10-16/h4-6,9-10,13H,7-8,11-12H2,1-3H3. The van der Waals surface area contributed by atoms with Crippen molar-refractivity contribution in [2.24, 2.45) is 0 Å². The molecule has 0 fully saturated rings. The van der Waals surface area contributed by atoms with E-state index >= 15 is 0 Å². The summed E-state index contributed by atoms with van der Waals surface area (Å²) in [7, 11) is 0. The van der Waals surface area contributed by atoms with Gasteiger partial charge in [-0.15, -0.1) is 11.6 Å². The van der Waals surface area contributed by atoms with Crippen LogP contribution in [-0.4, -0.2) is 9.78 Å². The molecule has 0 aliphatic heterocycles. The predicted octanol–water partition coefficient (Wildman–Crippen LogP) is 4.82. The van der Waals surface area contributed by atoms with Gasteiger partial charge in [0.25, 0.3) is 0 Å². The molecule has 1 heterocycles. The zero-order valence-electron chi connectivity index (χ0n) is 12.6. The maximum atomic E-state index is 6.22. The van der Waals surface area contributed by atoms with Crippen molar-refractivity contribution in [2.45, 2.75) is 52.0 Å². The van der Waals surface area contributed by atoms with Crippen molar-refractivity contribution in [3.8, 4) is 0 Å². The molecule has 0 aliphatic rings. The average Bonchev–Trinajstić information content (AvgIpc) is 2.71. The van der Waals surface area contributed by atoms with E-state index in [1.165, 1.54) is 23.2 Å². The largest absolute Gasteiger partial charge is 0.269 e. The minimum atomic E-state index is 0.0352. The Morgan fingerprint density at radius 2 is 1.85 bits per heavy atom. The number of halogens is 1. The molecular formula is C17H23ClN2. The molecule has 1 unspecified atom stereocenters. The number of unbranched alkanes of at least 4 members (excludes halogenated alkanes) is 1. The molecule has 0 spiro atoms. The zero-order chi connectivity index (χ0) is 14.5. The van der Waals surface area contributed by atoms with Crippen molar-refractivity contribution in [1.82, 2.24) is 9.78 Å². The van der Waals surface area contributed by atoms with Crippen LogP contribution in [0.2, 0.25) is 0 Å². The van der Waals surface area contributed by atoms with Gasteiger partial charge in [-0.1, -0.05) is 30.3 Å². The van der Waals surface area contributed by atoms with Crippen LogP contribution in [0.15, 0.2) is 30.3 Å². The third-order valence-corrected chi connectivity index (χ3v) is 3.98. The van der Waals surface area contributed by atoms with Gasteiger partial charge in [0, 0.05) is 17.8 Å². The highest BCUT2D eigenvalue weighted by molar-refractivity contribution is 6.20. The maximum absolute atomic E-state index is 6.22. The van der Waals surface area contributed by atoms with Crippen LogP contribution < -0.4 is 0 Å². The summed E-state index contributed by atoms with van der Waals surface area (Å²) in [5.74, 6) is 0. The summed E-state index contributed by atoms with van der Waals surface area (Å²) in [5, 5.41) is 4.64. The highest BCUT2D eigenvalue weighted by Gasteiger charge is 2.15. The third kappa shape index (κ3) is 3.63. The minimum Gasteiger partial charge on any atom is -0.269 e.